The Labute approximate surface area is 175 Å². The van der Waals surface area contributed by atoms with Crippen LogP contribution in [0.5, 0.6) is 5.75 Å². The van der Waals surface area contributed by atoms with Gasteiger partial charge in [-0.1, -0.05) is 41.9 Å². The minimum Gasteiger partial charge on any atom is -0.489 e. The van der Waals surface area contributed by atoms with Crippen molar-refractivity contribution in [3.05, 3.63) is 94.0 Å². The molecule has 1 heterocycles. The molecule has 4 rings (SSSR count). The predicted octanol–water partition coefficient (Wildman–Crippen LogP) is 6.43. The van der Waals surface area contributed by atoms with Gasteiger partial charge in [0.25, 0.3) is 5.91 Å². The van der Waals surface area contributed by atoms with Gasteiger partial charge in [-0.15, -0.1) is 0 Å². The molecule has 1 aliphatic heterocycles. The average Bonchev–Trinajstić information content (AvgIpc) is 3.02. The van der Waals surface area contributed by atoms with Crippen LogP contribution in [0.25, 0.3) is 11.6 Å². The van der Waals surface area contributed by atoms with Crippen LogP contribution in [0.2, 0.25) is 5.02 Å². The first-order chi connectivity index (χ1) is 14.3. The molecule has 0 saturated carbocycles. The lowest BCUT2D eigenvalue weighted by Gasteiger charge is -2.08. The normalized spacial score (nSPS) is 14.5. The predicted molar refractivity (Wildman–Crippen MR) is 110 cm³/mol. The molecule has 0 saturated heterocycles. The maximum absolute atomic E-state index is 12.9. The van der Waals surface area contributed by atoms with Gasteiger partial charge in [-0.2, -0.15) is 13.2 Å². The third kappa shape index (κ3) is 4.33. The van der Waals surface area contributed by atoms with E-state index >= 15 is 0 Å². The van der Waals surface area contributed by atoms with Crippen molar-refractivity contribution in [3.63, 3.8) is 0 Å². The lowest BCUT2D eigenvalue weighted by atomic mass is 10.0. The van der Waals surface area contributed by atoms with Gasteiger partial charge in [-0.05, 0) is 53.6 Å². The van der Waals surface area contributed by atoms with E-state index in [9.17, 15) is 18.0 Å². The van der Waals surface area contributed by atoms with Crippen molar-refractivity contribution in [3.8, 4) is 5.75 Å². The number of halogens is 4. The highest BCUT2D eigenvalue weighted by molar-refractivity contribution is 6.35. The van der Waals surface area contributed by atoms with Gasteiger partial charge in [0.1, 0.15) is 12.4 Å². The largest absolute Gasteiger partial charge is 0.489 e. The van der Waals surface area contributed by atoms with E-state index in [1.54, 1.807) is 42.5 Å². The molecule has 7 heteroatoms. The summed E-state index contributed by atoms with van der Waals surface area (Å²) in [7, 11) is 0. The summed E-state index contributed by atoms with van der Waals surface area (Å²) in [6, 6.07) is 17.6. The van der Waals surface area contributed by atoms with E-state index in [2.05, 4.69) is 5.32 Å². The monoisotopic (exact) mass is 429 g/mol. The Balaban J connectivity index is 1.50. The number of hydrogen-bond donors (Lipinski definition) is 1. The number of carbonyl (C=O) groups is 1. The zero-order valence-electron chi connectivity index (χ0n) is 15.5. The maximum atomic E-state index is 12.9. The fourth-order valence-corrected chi connectivity index (χ4v) is 3.21. The molecule has 0 unspecified atom stereocenters. The molecule has 0 atom stereocenters. The van der Waals surface area contributed by atoms with Crippen molar-refractivity contribution in [2.75, 3.05) is 5.32 Å². The van der Waals surface area contributed by atoms with Gasteiger partial charge in [-0.3, -0.25) is 4.79 Å². The minimum absolute atomic E-state index is 0.156. The van der Waals surface area contributed by atoms with Crippen LogP contribution in [-0.4, -0.2) is 5.91 Å². The highest BCUT2D eigenvalue weighted by Gasteiger charge is 2.33. The van der Waals surface area contributed by atoms with Crippen molar-refractivity contribution in [1.29, 1.82) is 0 Å². The summed E-state index contributed by atoms with van der Waals surface area (Å²) in [6.07, 6.45) is -2.83. The van der Waals surface area contributed by atoms with Crippen LogP contribution in [0, 0.1) is 0 Å². The number of fused-ring (bicyclic) bond motifs is 1. The summed E-state index contributed by atoms with van der Waals surface area (Å²) in [6.45, 7) is 0.384. The molecule has 0 bridgehead atoms. The van der Waals surface area contributed by atoms with Crippen LogP contribution in [0.4, 0.5) is 18.9 Å². The Morgan fingerprint density at radius 2 is 1.67 bits per heavy atom. The number of rotatable bonds is 4. The summed E-state index contributed by atoms with van der Waals surface area (Å²) >= 11 is 5.86. The van der Waals surface area contributed by atoms with Crippen molar-refractivity contribution >= 4 is 34.8 Å². The van der Waals surface area contributed by atoms with E-state index < -0.39 is 17.6 Å². The number of hydrogen-bond acceptors (Lipinski definition) is 2. The van der Waals surface area contributed by atoms with Crippen LogP contribution in [0.1, 0.15) is 22.3 Å². The fourth-order valence-electron chi connectivity index (χ4n) is 3.09. The summed E-state index contributed by atoms with van der Waals surface area (Å²) in [5.41, 5.74) is 1.81. The number of carbonyl (C=O) groups excluding carboxylic acids is 1. The smallest absolute Gasteiger partial charge is 0.416 e. The third-order valence-corrected chi connectivity index (χ3v) is 4.89. The maximum Gasteiger partial charge on any atom is 0.416 e. The molecular formula is C23H15ClF3NO2. The fraction of sp³-hybridized carbons (Fsp3) is 0.0870. The standard InChI is InChI=1S/C23H15ClF3NO2/c24-17-6-1-15(2-7-17)13-30-18-8-3-14(4-9-18)11-20-19-10-5-16(23(25,26)27)12-21(19)28-22(20)29/h1-12H,13H2,(H,28,29)/b20-11-. The molecule has 3 aromatic rings. The molecule has 30 heavy (non-hydrogen) atoms. The van der Waals surface area contributed by atoms with E-state index in [-0.39, 0.29) is 5.69 Å². The SMILES string of the molecule is O=C1Nc2cc(C(F)(F)F)ccc2/C1=C/c1ccc(OCc2ccc(Cl)cc2)cc1. The van der Waals surface area contributed by atoms with Crippen LogP contribution < -0.4 is 10.1 Å². The highest BCUT2D eigenvalue weighted by atomic mass is 35.5. The van der Waals surface area contributed by atoms with Gasteiger partial charge in [0.2, 0.25) is 0 Å². The molecule has 1 amide bonds. The second-order valence-electron chi connectivity index (χ2n) is 6.75. The summed E-state index contributed by atoms with van der Waals surface area (Å²) < 4.78 is 44.4. The molecule has 1 aliphatic rings. The molecule has 152 valence electrons. The Morgan fingerprint density at radius 1 is 0.967 bits per heavy atom. The number of amides is 1. The van der Waals surface area contributed by atoms with Gasteiger partial charge < -0.3 is 10.1 Å². The lowest BCUT2D eigenvalue weighted by molar-refractivity contribution is -0.137. The van der Waals surface area contributed by atoms with Gasteiger partial charge >= 0.3 is 6.18 Å². The Morgan fingerprint density at radius 3 is 2.33 bits per heavy atom. The van der Waals surface area contributed by atoms with Gasteiger partial charge in [0.15, 0.2) is 0 Å². The molecular weight excluding hydrogens is 415 g/mol. The summed E-state index contributed by atoms with van der Waals surface area (Å²) in [5.74, 6) is 0.214. The first-order valence-electron chi connectivity index (χ1n) is 9.01. The van der Waals surface area contributed by atoms with E-state index in [1.807, 2.05) is 12.1 Å². The van der Waals surface area contributed by atoms with Crippen molar-refractivity contribution in [1.82, 2.24) is 0 Å². The van der Waals surface area contributed by atoms with Crippen molar-refractivity contribution < 1.29 is 22.7 Å². The molecule has 0 radical (unpaired) electrons. The Kier molecular flexibility index (Phi) is 5.26. The second kappa shape index (κ2) is 7.88. The average molecular weight is 430 g/mol. The van der Waals surface area contributed by atoms with Crippen molar-refractivity contribution in [2.45, 2.75) is 12.8 Å². The number of anilines is 1. The third-order valence-electron chi connectivity index (χ3n) is 4.64. The quantitative estimate of drug-likeness (QED) is 0.485. The Bertz CT molecular complexity index is 1120. The number of alkyl halides is 3. The zero-order valence-corrected chi connectivity index (χ0v) is 16.2. The molecule has 1 N–H and O–H groups in total. The van der Waals surface area contributed by atoms with Crippen LogP contribution in [0.3, 0.4) is 0 Å². The Hall–Kier alpha value is -3.25. The van der Waals surface area contributed by atoms with Crippen LogP contribution in [0.15, 0.2) is 66.7 Å². The molecule has 3 nitrogen and oxygen atoms in total. The number of benzene rings is 3. The highest BCUT2D eigenvalue weighted by Crippen LogP contribution is 2.38. The first-order valence-corrected chi connectivity index (χ1v) is 9.39. The molecule has 0 fully saturated rings. The van der Waals surface area contributed by atoms with Crippen LogP contribution in [-0.2, 0) is 17.6 Å². The van der Waals surface area contributed by atoms with Crippen molar-refractivity contribution in [2.24, 2.45) is 0 Å². The minimum atomic E-state index is -4.46. The zero-order chi connectivity index (χ0) is 21.3. The lowest BCUT2D eigenvalue weighted by Crippen LogP contribution is -2.06. The van der Waals surface area contributed by atoms with Gasteiger partial charge in [0, 0.05) is 21.8 Å². The van der Waals surface area contributed by atoms with Gasteiger partial charge in [0.05, 0.1) is 5.56 Å². The second-order valence-corrected chi connectivity index (χ2v) is 7.19. The van der Waals surface area contributed by atoms with E-state index in [0.717, 1.165) is 23.3 Å². The van der Waals surface area contributed by atoms with E-state index in [1.165, 1.54) is 6.07 Å². The summed E-state index contributed by atoms with van der Waals surface area (Å²) in [5, 5.41) is 3.15. The van der Waals surface area contributed by atoms with E-state index in [4.69, 9.17) is 16.3 Å². The van der Waals surface area contributed by atoms with E-state index in [0.29, 0.717) is 28.5 Å². The van der Waals surface area contributed by atoms with Gasteiger partial charge in [-0.25, -0.2) is 0 Å². The molecule has 0 aromatic heterocycles. The topological polar surface area (TPSA) is 38.3 Å². The molecule has 0 spiro atoms. The first kappa shape index (κ1) is 20.0. The number of nitrogens with one attached hydrogen (secondary N) is 1. The number of ether oxygens (including phenoxy) is 1. The molecule has 3 aromatic carbocycles. The van der Waals surface area contributed by atoms with Crippen LogP contribution >= 0.6 is 11.6 Å². The molecule has 0 aliphatic carbocycles. The summed E-state index contributed by atoms with van der Waals surface area (Å²) in [4.78, 5) is 12.3.